The molecule has 0 spiro atoms. The number of rotatable bonds is 6. The van der Waals surface area contributed by atoms with E-state index in [1.54, 1.807) is 37.1 Å². The van der Waals surface area contributed by atoms with Gasteiger partial charge in [0.25, 0.3) is 0 Å². The van der Waals surface area contributed by atoms with Gasteiger partial charge >= 0.3 is 0 Å². The first kappa shape index (κ1) is 19.4. The number of phenolic OH excluding ortho intramolecular Hbond substituents is 1. The Hall–Kier alpha value is -3.41. The van der Waals surface area contributed by atoms with Crippen LogP contribution < -0.4 is 4.90 Å². The molecule has 0 aliphatic heterocycles. The maximum Gasteiger partial charge on any atom is 0.248 e. The minimum atomic E-state index is -0.0733. The molecular weight excluding hydrogens is 352 g/mol. The molecule has 3 aromatic rings. The Balaban J connectivity index is 1.96. The number of hydrogen-bond acceptors (Lipinski definition) is 5. The fourth-order valence-electron chi connectivity index (χ4n) is 2.97. The molecule has 0 atom stereocenters. The molecule has 0 aliphatic rings. The van der Waals surface area contributed by atoms with E-state index in [0.717, 1.165) is 16.7 Å². The smallest absolute Gasteiger partial charge is 0.248 e. The van der Waals surface area contributed by atoms with Crippen LogP contribution in [0.5, 0.6) is 5.75 Å². The summed E-state index contributed by atoms with van der Waals surface area (Å²) < 4.78 is 0. The molecule has 28 heavy (non-hydrogen) atoms. The molecule has 6 heteroatoms. The Morgan fingerprint density at radius 1 is 1.04 bits per heavy atom. The van der Waals surface area contributed by atoms with Crippen LogP contribution in [0.25, 0.3) is 22.3 Å². The number of hydrogen-bond donors (Lipinski definition) is 1. The van der Waals surface area contributed by atoms with E-state index < -0.39 is 0 Å². The van der Waals surface area contributed by atoms with Gasteiger partial charge in [0, 0.05) is 38.1 Å². The highest BCUT2D eigenvalue weighted by atomic mass is 16.3. The second kappa shape index (κ2) is 8.08. The van der Waals surface area contributed by atoms with Gasteiger partial charge in [-0.25, -0.2) is 9.97 Å². The fraction of sp³-hybridized carbons (Fsp3) is 0.227. The number of nitrogens with zero attached hydrogens (tertiary/aromatic N) is 4. The lowest BCUT2D eigenvalue weighted by Gasteiger charge is -2.24. The Labute approximate surface area is 164 Å². The van der Waals surface area contributed by atoms with Gasteiger partial charge in [-0.1, -0.05) is 30.8 Å². The molecular formula is C22H24N4O2. The Bertz CT molecular complexity index is 1030. The zero-order chi connectivity index (χ0) is 20.3. The number of anilines is 1. The number of carbonyl (C=O) groups is 1. The van der Waals surface area contributed by atoms with Gasteiger partial charge in [-0.05, 0) is 31.2 Å². The summed E-state index contributed by atoms with van der Waals surface area (Å²) in [5.74, 6) is 1.28. The summed E-state index contributed by atoms with van der Waals surface area (Å²) in [5.41, 5.74) is 1.89. The summed E-state index contributed by atoms with van der Waals surface area (Å²) in [6.45, 7) is 6.54. The van der Waals surface area contributed by atoms with Gasteiger partial charge < -0.3 is 14.9 Å². The van der Waals surface area contributed by atoms with E-state index in [4.69, 9.17) is 4.98 Å². The Morgan fingerprint density at radius 2 is 1.71 bits per heavy atom. The average Bonchev–Trinajstić information content (AvgIpc) is 2.70. The van der Waals surface area contributed by atoms with Crippen molar-refractivity contribution in [2.45, 2.75) is 6.92 Å². The predicted octanol–water partition coefficient (Wildman–Crippen LogP) is 3.47. The van der Waals surface area contributed by atoms with Crippen LogP contribution in [0.2, 0.25) is 0 Å². The standard InChI is InChI=1S/C22H24N4O2/c1-15(2)22(28)26(4)14-13-25(3)21-16-9-5-7-11-18(16)23-20(24-21)17-10-6-8-12-19(17)27/h5-12,27H,1,13-14H2,2-4H3. The van der Waals surface area contributed by atoms with Gasteiger partial charge in [-0.15, -0.1) is 0 Å². The maximum atomic E-state index is 12.0. The molecule has 6 nitrogen and oxygen atoms in total. The van der Waals surface area contributed by atoms with Crippen LogP contribution in [0, 0.1) is 0 Å². The zero-order valence-corrected chi connectivity index (χ0v) is 16.4. The molecule has 0 aliphatic carbocycles. The minimum absolute atomic E-state index is 0.0733. The normalized spacial score (nSPS) is 10.7. The van der Waals surface area contributed by atoms with Crippen LogP contribution in [0.1, 0.15) is 6.92 Å². The lowest BCUT2D eigenvalue weighted by molar-refractivity contribution is -0.125. The van der Waals surface area contributed by atoms with E-state index in [1.165, 1.54) is 0 Å². The van der Waals surface area contributed by atoms with Crippen molar-refractivity contribution >= 4 is 22.6 Å². The number of aromatic hydroxyl groups is 1. The molecule has 0 bridgehead atoms. The summed E-state index contributed by atoms with van der Waals surface area (Å²) in [4.78, 5) is 25.0. The molecule has 0 saturated heterocycles. The number of para-hydroxylation sites is 2. The third-order valence-corrected chi connectivity index (χ3v) is 4.57. The zero-order valence-electron chi connectivity index (χ0n) is 16.4. The highest BCUT2D eigenvalue weighted by Gasteiger charge is 2.16. The Kier molecular flexibility index (Phi) is 5.59. The van der Waals surface area contributed by atoms with E-state index in [0.29, 0.717) is 30.1 Å². The number of likely N-dealkylation sites (N-methyl/N-ethyl adjacent to an activating group) is 2. The Morgan fingerprint density at radius 3 is 2.43 bits per heavy atom. The average molecular weight is 376 g/mol. The first-order valence-electron chi connectivity index (χ1n) is 9.05. The number of benzene rings is 2. The molecule has 1 aromatic heterocycles. The molecule has 0 fully saturated rings. The summed E-state index contributed by atoms with van der Waals surface area (Å²) in [7, 11) is 3.69. The van der Waals surface area contributed by atoms with Gasteiger partial charge in [-0.2, -0.15) is 0 Å². The van der Waals surface area contributed by atoms with Crippen LogP contribution in [-0.4, -0.2) is 53.1 Å². The van der Waals surface area contributed by atoms with E-state index >= 15 is 0 Å². The number of carbonyl (C=O) groups excluding carboxylic acids is 1. The topological polar surface area (TPSA) is 69.6 Å². The fourth-order valence-corrected chi connectivity index (χ4v) is 2.97. The molecule has 144 valence electrons. The third kappa shape index (κ3) is 3.96. The van der Waals surface area contributed by atoms with Crippen LogP contribution in [-0.2, 0) is 4.79 Å². The van der Waals surface area contributed by atoms with E-state index in [2.05, 4.69) is 11.6 Å². The van der Waals surface area contributed by atoms with Gasteiger partial charge in [0.1, 0.15) is 11.6 Å². The van der Waals surface area contributed by atoms with Crippen molar-refractivity contribution in [2.75, 3.05) is 32.1 Å². The third-order valence-electron chi connectivity index (χ3n) is 4.57. The molecule has 2 aromatic carbocycles. The van der Waals surface area contributed by atoms with Crippen LogP contribution in [0.15, 0.2) is 60.7 Å². The van der Waals surface area contributed by atoms with E-state index in [-0.39, 0.29) is 11.7 Å². The van der Waals surface area contributed by atoms with Crippen molar-refractivity contribution in [1.29, 1.82) is 0 Å². The first-order valence-corrected chi connectivity index (χ1v) is 9.05. The van der Waals surface area contributed by atoms with Gasteiger partial charge in [0.2, 0.25) is 5.91 Å². The van der Waals surface area contributed by atoms with Crippen molar-refractivity contribution in [3.63, 3.8) is 0 Å². The second-order valence-corrected chi connectivity index (χ2v) is 6.83. The van der Waals surface area contributed by atoms with Gasteiger partial charge in [0.15, 0.2) is 5.82 Å². The van der Waals surface area contributed by atoms with E-state index in [9.17, 15) is 9.90 Å². The van der Waals surface area contributed by atoms with Crippen molar-refractivity contribution < 1.29 is 9.90 Å². The SMILES string of the molecule is C=C(C)C(=O)N(C)CCN(C)c1nc(-c2ccccc2O)nc2ccccc12. The van der Waals surface area contributed by atoms with Crippen molar-refractivity contribution in [3.8, 4) is 17.1 Å². The monoisotopic (exact) mass is 376 g/mol. The number of phenols is 1. The maximum absolute atomic E-state index is 12.0. The minimum Gasteiger partial charge on any atom is -0.507 e. The highest BCUT2D eigenvalue weighted by Crippen LogP contribution is 2.30. The van der Waals surface area contributed by atoms with Crippen molar-refractivity contribution in [1.82, 2.24) is 14.9 Å². The van der Waals surface area contributed by atoms with Crippen LogP contribution >= 0.6 is 0 Å². The first-order chi connectivity index (χ1) is 13.4. The van der Waals surface area contributed by atoms with Gasteiger partial charge in [-0.3, -0.25) is 4.79 Å². The van der Waals surface area contributed by atoms with Crippen molar-refractivity contribution in [3.05, 3.63) is 60.7 Å². The van der Waals surface area contributed by atoms with Crippen LogP contribution in [0.3, 0.4) is 0 Å². The molecule has 0 radical (unpaired) electrons. The molecule has 0 saturated carbocycles. The predicted molar refractivity (Wildman–Crippen MR) is 112 cm³/mol. The molecule has 3 rings (SSSR count). The second-order valence-electron chi connectivity index (χ2n) is 6.83. The molecule has 1 amide bonds. The number of fused-ring (bicyclic) bond motifs is 1. The summed E-state index contributed by atoms with van der Waals surface area (Å²) >= 11 is 0. The summed E-state index contributed by atoms with van der Waals surface area (Å²) in [6.07, 6.45) is 0. The van der Waals surface area contributed by atoms with Crippen LogP contribution in [0.4, 0.5) is 5.82 Å². The summed E-state index contributed by atoms with van der Waals surface area (Å²) in [5, 5.41) is 11.1. The quantitative estimate of drug-likeness (QED) is 0.667. The molecule has 1 heterocycles. The largest absolute Gasteiger partial charge is 0.507 e. The highest BCUT2D eigenvalue weighted by molar-refractivity contribution is 5.92. The van der Waals surface area contributed by atoms with Gasteiger partial charge in [0.05, 0.1) is 11.1 Å². The molecule has 0 unspecified atom stereocenters. The van der Waals surface area contributed by atoms with Crippen molar-refractivity contribution in [2.24, 2.45) is 0 Å². The van der Waals surface area contributed by atoms with E-state index in [1.807, 2.05) is 42.3 Å². The molecule has 1 N–H and O–H groups in total. The lowest BCUT2D eigenvalue weighted by Crippen LogP contribution is -2.35. The number of aromatic nitrogens is 2. The number of amides is 1. The summed E-state index contributed by atoms with van der Waals surface area (Å²) in [6, 6.07) is 14.8. The lowest BCUT2D eigenvalue weighted by atomic mass is 10.1.